The van der Waals surface area contributed by atoms with Gasteiger partial charge in [-0.05, 0) is 42.7 Å². The normalized spacial score (nSPS) is 11.5. The summed E-state index contributed by atoms with van der Waals surface area (Å²) in [6.45, 7) is 2.10. The van der Waals surface area contributed by atoms with Crippen LogP contribution in [0.4, 0.5) is 0 Å². The average molecular weight is 310 g/mol. The van der Waals surface area contributed by atoms with Crippen molar-refractivity contribution in [1.82, 2.24) is 4.72 Å². The molecule has 0 aliphatic heterocycles. The summed E-state index contributed by atoms with van der Waals surface area (Å²) in [6.07, 6.45) is 0.659. The van der Waals surface area contributed by atoms with Gasteiger partial charge in [0.1, 0.15) is 0 Å². The molecule has 106 valence electrons. The zero-order chi connectivity index (χ0) is 14.6. The van der Waals surface area contributed by atoms with Crippen molar-refractivity contribution in [3.8, 4) is 0 Å². The molecular weight excluding hydrogens is 294 g/mol. The summed E-state index contributed by atoms with van der Waals surface area (Å²) in [7, 11) is -3.49. The first-order valence-corrected chi connectivity index (χ1v) is 8.15. The number of aryl methyl sites for hydroxylation is 1. The monoisotopic (exact) mass is 309 g/mol. The van der Waals surface area contributed by atoms with E-state index in [1.165, 1.54) is 6.07 Å². The Bertz CT molecular complexity index is 684. The second kappa shape index (κ2) is 6.39. The molecule has 0 radical (unpaired) electrons. The van der Waals surface area contributed by atoms with Gasteiger partial charge in [-0.2, -0.15) is 0 Å². The molecule has 0 aromatic heterocycles. The molecule has 20 heavy (non-hydrogen) atoms. The Morgan fingerprint density at radius 1 is 1.10 bits per heavy atom. The summed E-state index contributed by atoms with van der Waals surface area (Å²) in [5.74, 6) is 0. The number of nitrogens with one attached hydrogen (secondary N) is 1. The molecule has 0 fully saturated rings. The molecule has 0 aliphatic carbocycles. The van der Waals surface area contributed by atoms with E-state index in [4.69, 9.17) is 11.6 Å². The third-order valence-electron chi connectivity index (χ3n) is 2.98. The van der Waals surface area contributed by atoms with Gasteiger partial charge >= 0.3 is 0 Å². The van der Waals surface area contributed by atoms with Crippen LogP contribution in [0.1, 0.15) is 11.1 Å². The fourth-order valence-electron chi connectivity index (χ4n) is 1.97. The molecule has 2 rings (SSSR count). The predicted octanol–water partition coefficient (Wildman–Crippen LogP) is 3.17. The zero-order valence-electron chi connectivity index (χ0n) is 11.1. The molecule has 0 saturated heterocycles. The second-order valence-electron chi connectivity index (χ2n) is 4.54. The molecule has 2 aromatic carbocycles. The molecule has 0 saturated carbocycles. The number of sulfonamides is 1. The van der Waals surface area contributed by atoms with Crippen LogP contribution in [-0.2, 0) is 16.4 Å². The Labute approximate surface area is 124 Å². The van der Waals surface area contributed by atoms with E-state index in [0.717, 1.165) is 5.56 Å². The summed E-state index contributed by atoms with van der Waals surface area (Å²) < 4.78 is 27.0. The maximum Gasteiger partial charge on any atom is 0.240 e. The van der Waals surface area contributed by atoms with Crippen molar-refractivity contribution in [2.24, 2.45) is 0 Å². The van der Waals surface area contributed by atoms with Crippen LogP contribution in [0.25, 0.3) is 0 Å². The lowest BCUT2D eigenvalue weighted by Gasteiger charge is -2.09. The van der Waals surface area contributed by atoms with Crippen molar-refractivity contribution in [2.45, 2.75) is 18.2 Å². The topological polar surface area (TPSA) is 46.2 Å². The number of rotatable bonds is 5. The predicted molar refractivity (Wildman–Crippen MR) is 81.5 cm³/mol. The van der Waals surface area contributed by atoms with Crippen LogP contribution >= 0.6 is 11.6 Å². The standard InChI is InChI=1S/C15H16ClNO2S/c1-12-11-14(16)7-8-15(12)20(18,19)17-10-9-13-5-3-2-4-6-13/h2-8,11,17H,9-10H2,1H3. The Morgan fingerprint density at radius 2 is 1.80 bits per heavy atom. The summed E-state index contributed by atoms with van der Waals surface area (Å²) in [5, 5.41) is 0.533. The Kier molecular flexibility index (Phi) is 4.81. The van der Waals surface area contributed by atoms with Gasteiger partial charge in [0.15, 0.2) is 0 Å². The molecule has 0 atom stereocenters. The molecule has 0 spiro atoms. The van der Waals surface area contributed by atoms with E-state index >= 15 is 0 Å². The quantitative estimate of drug-likeness (QED) is 0.922. The highest BCUT2D eigenvalue weighted by Crippen LogP contribution is 2.19. The maximum absolute atomic E-state index is 12.2. The minimum absolute atomic E-state index is 0.273. The first-order chi connectivity index (χ1) is 9.49. The maximum atomic E-state index is 12.2. The Morgan fingerprint density at radius 3 is 2.45 bits per heavy atom. The fraction of sp³-hybridized carbons (Fsp3) is 0.200. The van der Waals surface area contributed by atoms with Gasteiger partial charge in [0.05, 0.1) is 4.90 Å². The second-order valence-corrected chi connectivity index (χ2v) is 6.72. The lowest BCUT2D eigenvalue weighted by Crippen LogP contribution is -2.26. The van der Waals surface area contributed by atoms with Crippen LogP contribution in [0.3, 0.4) is 0 Å². The van der Waals surface area contributed by atoms with Crippen molar-refractivity contribution in [3.05, 3.63) is 64.7 Å². The van der Waals surface area contributed by atoms with Gasteiger partial charge in [-0.25, -0.2) is 13.1 Å². The largest absolute Gasteiger partial charge is 0.240 e. The number of halogens is 1. The van der Waals surface area contributed by atoms with Gasteiger partial charge in [0.2, 0.25) is 10.0 Å². The van der Waals surface area contributed by atoms with E-state index in [1.54, 1.807) is 19.1 Å². The summed E-state index contributed by atoms with van der Waals surface area (Å²) >= 11 is 5.84. The fourth-order valence-corrected chi connectivity index (χ4v) is 3.45. The zero-order valence-corrected chi connectivity index (χ0v) is 12.7. The summed E-state index contributed by atoms with van der Waals surface area (Å²) in [5.41, 5.74) is 1.74. The van der Waals surface area contributed by atoms with E-state index in [0.29, 0.717) is 23.6 Å². The molecule has 0 aliphatic rings. The smallest absolute Gasteiger partial charge is 0.211 e. The first kappa shape index (κ1) is 15.0. The van der Waals surface area contributed by atoms with E-state index in [1.807, 2.05) is 30.3 Å². The highest BCUT2D eigenvalue weighted by molar-refractivity contribution is 7.89. The first-order valence-electron chi connectivity index (χ1n) is 6.29. The lowest BCUT2D eigenvalue weighted by molar-refractivity contribution is 0.581. The number of hydrogen-bond acceptors (Lipinski definition) is 2. The van der Waals surface area contributed by atoms with Crippen LogP contribution < -0.4 is 4.72 Å². The molecule has 0 unspecified atom stereocenters. The van der Waals surface area contributed by atoms with Crippen LogP contribution in [-0.4, -0.2) is 15.0 Å². The lowest BCUT2D eigenvalue weighted by atomic mass is 10.2. The molecule has 3 nitrogen and oxygen atoms in total. The van der Waals surface area contributed by atoms with E-state index in [9.17, 15) is 8.42 Å². The van der Waals surface area contributed by atoms with Gasteiger partial charge in [0.25, 0.3) is 0 Å². The van der Waals surface area contributed by atoms with Crippen LogP contribution in [0.5, 0.6) is 0 Å². The molecule has 0 bridgehead atoms. The third kappa shape index (κ3) is 3.82. The average Bonchev–Trinajstić information content (AvgIpc) is 2.39. The minimum atomic E-state index is -3.49. The summed E-state index contributed by atoms with van der Waals surface area (Å²) in [4.78, 5) is 0.273. The van der Waals surface area contributed by atoms with Crippen LogP contribution in [0, 0.1) is 6.92 Å². The Balaban J connectivity index is 2.04. The van der Waals surface area contributed by atoms with Crippen LogP contribution in [0.2, 0.25) is 5.02 Å². The Hall–Kier alpha value is -1.36. The molecule has 2 aromatic rings. The molecule has 0 amide bonds. The van der Waals surface area contributed by atoms with Gasteiger partial charge in [-0.3, -0.25) is 0 Å². The highest BCUT2D eigenvalue weighted by atomic mass is 35.5. The molecule has 5 heteroatoms. The number of hydrogen-bond donors (Lipinski definition) is 1. The van der Waals surface area contributed by atoms with Crippen molar-refractivity contribution in [2.75, 3.05) is 6.54 Å². The van der Waals surface area contributed by atoms with Gasteiger partial charge in [-0.15, -0.1) is 0 Å². The molecular formula is C15H16ClNO2S. The van der Waals surface area contributed by atoms with Gasteiger partial charge in [-0.1, -0.05) is 41.9 Å². The molecule has 0 heterocycles. The highest BCUT2D eigenvalue weighted by Gasteiger charge is 2.16. The van der Waals surface area contributed by atoms with Gasteiger partial charge < -0.3 is 0 Å². The van der Waals surface area contributed by atoms with Crippen LogP contribution in [0.15, 0.2) is 53.4 Å². The van der Waals surface area contributed by atoms with Crippen molar-refractivity contribution < 1.29 is 8.42 Å². The number of benzene rings is 2. The molecule has 1 N–H and O–H groups in total. The van der Waals surface area contributed by atoms with E-state index < -0.39 is 10.0 Å². The minimum Gasteiger partial charge on any atom is -0.211 e. The summed E-state index contributed by atoms with van der Waals surface area (Å²) in [6, 6.07) is 14.5. The van der Waals surface area contributed by atoms with Crippen molar-refractivity contribution >= 4 is 21.6 Å². The van der Waals surface area contributed by atoms with Gasteiger partial charge in [0, 0.05) is 11.6 Å². The van der Waals surface area contributed by atoms with E-state index in [2.05, 4.69) is 4.72 Å². The van der Waals surface area contributed by atoms with Crippen molar-refractivity contribution in [3.63, 3.8) is 0 Å². The SMILES string of the molecule is Cc1cc(Cl)ccc1S(=O)(=O)NCCc1ccccc1. The van der Waals surface area contributed by atoms with Crippen molar-refractivity contribution in [1.29, 1.82) is 0 Å². The third-order valence-corrected chi connectivity index (χ3v) is 4.83. The van der Waals surface area contributed by atoms with E-state index in [-0.39, 0.29) is 4.90 Å².